The van der Waals surface area contributed by atoms with E-state index in [1.54, 1.807) is 12.1 Å². The van der Waals surface area contributed by atoms with Gasteiger partial charge in [-0.05, 0) is 55.2 Å². The van der Waals surface area contributed by atoms with E-state index < -0.39 is 11.7 Å². The fourth-order valence-electron chi connectivity index (χ4n) is 3.66. The standard InChI is InChI=1S/C21H17Cl3F3N3/c22-13-6-7-19(16(10-13)21(25,26)27)30-20-15(3-1-2-8-28-20)18(29-30)9-12-4-5-14(23)11-17(12)24/h4-7,10-11,28H,1-3,8-9H2. The van der Waals surface area contributed by atoms with Gasteiger partial charge in [0, 0.05) is 33.6 Å². The highest BCUT2D eigenvalue weighted by Crippen LogP contribution is 2.38. The van der Waals surface area contributed by atoms with E-state index in [0.717, 1.165) is 36.5 Å². The Bertz CT molecular complexity index is 1090. The van der Waals surface area contributed by atoms with E-state index in [0.29, 0.717) is 34.5 Å². The summed E-state index contributed by atoms with van der Waals surface area (Å²) in [6, 6.07) is 8.91. The Balaban J connectivity index is 1.86. The van der Waals surface area contributed by atoms with Crippen LogP contribution in [0.4, 0.5) is 19.0 Å². The minimum absolute atomic E-state index is 0.0189. The number of anilines is 1. The number of halogens is 6. The Morgan fingerprint density at radius 2 is 1.73 bits per heavy atom. The zero-order valence-corrected chi connectivity index (χ0v) is 17.9. The zero-order chi connectivity index (χ0) is 21.5. The maximum atomic E-state index is 13.7. The summed E-state index contributed by atoms with van der Waals surface area (Å²) >= 11 is 18.2. The van der Waals surface area contributed by atoms with Crippen LogP contribution in [0.3, 0.4) is 0 Å². The number of hydrogen-bond donors (Lipinski definition) is 1. The van der Waals surface area contributed by atoms with Gasteiger partial charge in [-0.25, -0.2) is 4.68 Å². The molecule has 0 saturated heterocycles. The van der Waals surface area contributed by atoms with Gasteiger partial charge in [-0.15, -0.1) is 0 Å². The number of nitrogens with one attached hydrogen (secondary N) is 1. The van der Waals surface area contributed by atoms with Crippen molar-refractivity contribution in [2.24, 2.45) is 0 Å². The molecule has 1 aliphatic heterocycles. The molecular formula is C21H17Cl3F3N3. The molecule has 0 radical (unpaired) electrons. The van der Waals surface area contributed by atoms with Gasteiger partial charge in [0.1, 0.15) is 5.82 Å². The molecule has 9 heteroatoms. The lowest BCUT2D eigenvalue weighted by Gasteiger charge is -2.16. The molecule has 2 aromatic carbocycles. The minimum atomic E-state index is -4.57. The predicted octanol–water partition coefficient (Wildman–Crippen LogP) is 7.19. The van der Waals surface area contributed by atoms with Crippen LogP contribution in [-0.4, -0.2) is 16.3 Å². The highest BCUT2D eigenvalue weighted by Gasteiger charge is 2.35. The number of fused-ring (bicyclic) bond motifs is 1. The van der Waals surface area contributed by atoms with Gasteiger partial charge in [0.05, 0.1) is 16.9 Å². The summed E-state index contributed by atoms with van der Waals surface area (Å²) in [4.78, 5) is 0. The van der Waals surface area contributed by atoms with Crippen LogP contribution in [0, 0.1) is 0 Å². The topological polar surface area (TPSA) is 29.9 Å². The van der Waals surface area contributed by atoms with Gasteiger partial charge in [0.15, 0.2) is 0 Å². The first-order valence-electron chi connectivity index (χ1n) is 9.39. The zero-order valence-electron chi connectivity index (χ0n) is 15.7. The molecule has 158 valence electrons. The summed E-state index contributed by atoms with van der Waals surface area (Å²) in [6.07, 6.45) is -1.62. The molecule has 0 atom stereocenters. The molecule has 3 aromatic rings. The number of aromatic nitrogens is 2. The molecule has 30 heavy (non-hydrogen) atoms. The van der Waals surface area contributed by atoms with Gasteiger partial charge < -0.3 is 5.32 Å². The number of hydrogen-bond acceptors (Lipinski definition) is 2. The van der Waals surface area contributed by atoms with Crippen LogP contribution in [-0.2, 0) is 19.0 Å². The molecule has 3 nitrogen and oxygen atoms in total. The number of benzene rings is 2. The van der Waals surface area contributed by atoms with Crippen molar-refractivity contribution in [3.05, 3.63) is 73.9 Å². The van der Waals surface area contributed by atoms with Crippen LogP contribution in [0.25, 0.3) is 5.69 Å². The Morgan fingerprint density at radius 1 is 1.00 bits per heavy atom. The predicted molar refractivity (Wildman–Crippen MR) is 114 cm³/mol. The summed E-state index contributed by atoms with van der Waals surface area (Å²) < 4.78 is 42.5. The van der Waals surface area contributed by atoms with Crippen molar-refractivity contribution in [3.63, 3.8) is 0 Å². The van der Waals surface area contributed by atoms with Gasteiger partial charge in [-0.3, -0.25) is 0 Å². The second-order valence-electron chi connectivity index (χ2n) is 7.14. The number of nitrogens with zero attached hydrogens (tertiary/aromatic N) is 2. The Kier molecular flexibility index (Phi) is 5.93. The lowest BCUT2D eigenvalue weighted by molar-refractivity contribution is -0.137. The first-order valence-corrected chi connectivity index (χ1v) is 10.5. The lowest BCUT2D eigenvalue weighted by Crippen LogP contribution is -2.14. The highest BCUT2D eigenvalue weighted by molar-refractivity contribution is 6.35. The van der Waals surface area contributed by atoms with Crippen LogP contribution in [0.1, 0.15) is 35.2 Å². The largest absolute Gasteiger partial charge is 0.418 e. The van der Waals surface area contributed by atoms with Gasteiger partial charge >= 0.3 is 6.18 Å². The molecule has 1 aliphatic rings. The fourth-order valence-corrected chi connectivity index (χ4v) is 4.30. The Labute approximate surface area is 186 Å². The average molecular weight is 475 g/mol. The maximum Gasteiger partial charge on any atom is 0.418 e. The van der Waals surface area contributed by atoms with Gasteiger partial charge in [-0.2, -0.15) is 18.3 Å². The summed E-state index contributed by atoms with van der Waals surface area (Å²) in [5.41, 5.74) is 1.51. The summed E-state index contributed by atoms with van der Waals surface area (Å²) in [5.74, 6) is 0.584. The Hall–Kier alpha value is -1.89. The van der Waals surface area contributed by atoms with E-state index in [9.17, 15) is 13.2 Å². The molecule has 1 aromatic heterocycles. The quantitative estimate of drug-likeness (QED) is 0.435. The third kappa shape index (κ3) is 4.27. The summed E-state index contributed by atoms with van der Waals surface area (Å²) in [5, 5.41) is 8.88. The van der Waals surface area contributed by atoms with E-state index in [1.165, 1.54) is 16.8 Å². The molecule has 0 amide bonds. The number of rotatable bonds is 3. The lowest BCUT2D eigenvalue weighted by atomic mass is 10.0. The van der Waals surface area contributed by atoms with Crippen LogP contribution in [0.15, 0.2) is 36.4 Å². The average Bonchev–Trinajstić information content (AvgIpc) is 2.85. The van der Waals surface area contributed by atoms with Crippen molar-refractivity contribution in [1.29, 1.82) is 0 Å². The van der Waals surface area contributed by atoms with Crippen LogP contribution < -0.4 is 5.32 Å². The maximum absolute atomic E-state index is 13.7. The monoisotopic (exact) mass is 473 g/mol. The molecule has 0 spiro atoms. The molecule has 1 N–H and O–H groups in total. The summed E-state index contributed by atoms with van der Waals surface area (Å²) in [6.45, 7) is 0.661. The molecule has 0 saturated carbocycles. The SMILES string of the molecule is FC(F)(F)c1cc(Cl)ccc1-n1nc(Cc2ccc(Cl)cc2Cl)c2c1NCCCC2. The summed E-state index contributed by atoms with van der Waals surface area (Å²) in [7, 11) is 0. The fraction of sp³-hybridized carbons (Fsp3) is 0.286. The molecular weight excluding hydrogens is 458 g/mol. The van der Waals surface area contributed by atoms with Crippen LogP contribution in [0.2, 0.25) is 15.1 Å². The second kappa shape index (κ2) is 8.33. The first-order chi connectivity index (χ1) is 14.2. The highest BCUT2D eigenvalue weighted by atomic mass is 35.5. The van der Waals surface area contributed by atoms with Gasteiger partial charge in [0.25, 0.3) is 0 Å². The van der Waals surface area contributed by atoms with Crippen molar-refractivity contribution in [2.45, 2.75) is 31.9 Å². The molecule has 4 rings (SSSR count). The Morgan fingerprint density at radius 3 is 2.47 bits per heavy atom. The van der Waals surface area contributed by atoms with Gasteiger partial charge in [-0.1, -0.05) is 40.9 Å². The van der Waals surface area contributed by atoms with E-state index in [-0.39, 0.29) is 10.7 Å². The first kappa shape index (κ1) is 21.3. The smallest absolute Gasteiger partial charge is 0.370 e. The van der Waals surface area contributed by atoms with E-state index in [2.05, 4.69) is 10.4 Å². The molecule has 0 bridgehead atoms. The normalized spacial score (nSPS) is 14.2. The molecule has 0 unspecified atom stereocenters. The van der Waals surface area contributed by atoms with Crippen molar-refractivity contribution in [2.75, 3.05) is 11.9 Å². The van der Waals surface area contributed by atoms with E-state index in [1.807, 2.05) is 6.07 Å². The molecule has 0 fully saturated rings. The van der Waals surface area contributed by atoms with Crippen molar-refractivity contribution < 1.29 is 13.2 Å². The van der Waals surface area contributed by atoms with Crippen LogP contribution in [0.5, 0.6) is 0 Å². The van der Waals surface area contributed by atoms with Crippen molar-refractivity contribution in [3.8, 4) is 5.69 Å². The van der Waals surface area contributed by atoms with Crippen LogP contribution >= 0.6 is 34.8 Å². The number of alkyl halides is 3. The van der Waals surface area contributed by atoms with Crippen molar-refractivity contribution >= 4 is 40.6 Å². The third-order valence-electron chi connectivity index (χ3n) is 5.08. The second-order valence-corrected chi connectivity index (χ2v) is 8.42. The van der Waals surface area contributed by atoms with Crippen molar-refractivity contribution in [1.82, 2.24) is 9.78 Å². The molecule has 2 heterocycles. The third-order valence-corrected chi connectivity index (χ3v) is 5.90. The minimum Gasteiger partial charge on any atom is -0.370 e. The van der Waals surface area contributed by atoms with E-state index >= 15 is 0 Å². The van der Waals surface area contributed by atoms with E-state index in [4.69, 9.17) is 34.8 Å². The van der Waals surface area contributed by atoms with Gasteiger partial charge in [0.2, 0.25) is 0 Å². The molecule has 0 aliphatic carbocycles.